The number of hydrogen-bond acceptors (Lipinski definition) is 5. The smallest absolute Gasteiger partial charge is 0.264 e. The third-order valence-electron chi connectivity index (χ3n) is 7.47. The molecule has 3 aromatic rings. The van der Waals surface area contributed by atoms with Gasteiger partial charge in [-0.25, -0.2) is 12.8 Å². The first-order valence-electron chi connectivity index (χ1n) is 14.5. The molecule has 3 aromatic carbocycles. The maximum absolute atomic E-state index is 14.2. The molecule has 8 nitrogen and oxygen atoms in total. The summed E-state index contributed by atoms with van der Waals surface area (Å²) >= 11 is 6.01. The minimum absolute atomic E-state index is 0.00613. The molecule has 1 saturated carbocycles. The van der Waals surface area contributed by atoms with E-state index in [-0.39, 0.29) is 29.1 Å². The molecule has 4 rings (SSSR count). The van der Waals surface area contributed by atoms with Gasteiger partial charge >= 0.3 is 0 Å². The Morgan fingerprint density at radius 3 is 2.19 bits per heavy atom. The molecule has 0 aliphatic heterocycles. The van der Waals surface area contributed by atoms with Gasteiger partial charge in [0.05, 0.1) is 17.2 Å². The number of amides is 2. The van der Waals surface area contributed by atoms with E-state index in [0.717, 1.165) is 30.0 Å². The fourth-order valence-corrected chi connectivity index (χ4v) is 6.75. The molecule has 0 radical (unpaired) electrons. The molecule has 1 aliphatic rings. The first-order valence-corrected chi connectivity index (χ1v) is 16.3. The van der Waals surface area contributed by atoms with Gasteiger partial charge in [-0.3, -0.25) is 13.9 Å². The van der Waals surface area contributed by atoms with Crippen molar-refractivity contribution in [2.45, 2.75) is 69.5 Å². The van der Waals surface area contributed by atoms with Crippen molar-refractivity contribution in [3.63, 3.8) is 0 Å². The molecule has 1 fully saturated rings. The van der Waals surface area contributed by atoms with Gasteiger partial charge in [-0.05, 0) is 92.4 Å². The normalized spacial score (nSPS) is 14.2. The summed E-state index contributed by atoms with van der Waals surface area (Å²) in [6.07, 6.45) is 4.11. The molecule has 0 saturated heterocycles. The second-order valence-corrected chi connectivity index (χ2v) is 12.8. The quantitative estimate of drug-likeness (QED) is 0.253. The Hall–Kier alpha value is -3.63. The van der Waals surface area contributed by atoms with E-state index in [1.807, 2.05) is 6.92 Å². The number of carbonyl (C=O) groups excluding carboxylic acids is 2. The zero-order chi connectivity index (χ0) is 31.0. The first-order chi connectivity index (χ1) is 20.6. The summed E-state index contributed by atoms with van der Waals surface area (Å²) in [5.41, 5.74) is 0.854. The van der Waals surface area contributed by atoms with Crippen molar-refractivity contribution in [1.82, 2.24) is 10.2 Å². The highest BCUT2D eigenvalue weighted by Gasteiger charge is 2.34. The van der Waals surface area contributed by atoms with Gasteiger partial charge < -0.3 is 15.0 Å². The van der Waals surface area contributed by atoms with Crippen LogP contribution in [0.15, 0.2) is 77.7 Å². The zero-order valence-electron chi connectivity index (χ0n) is 24.3. The van der Waals surface area contributed by atoms with Gasteiger partial charge in [0.25, 0.3) is 10.0 Å². The van der Waals surface area contributed by atoms with E-state index in [1.165, 1.54) is 41.3 Å². The second kappa shape index (κ2) is 14.7. The van der Waals surface area contributed by atoms with Gasteiger partial charge in [0.2, 0.25) is 11.8 Å². The number of carbonyl (C=O) groups is 2. The average molecular weight is 630 g/mol. The van der Waals surface area contributed by atoms with Crippen LogP contribution in [-0.2, 0) is 26.2 Å². The van der Waals surface area contributed by atoms with Crippen LogP contribution < -0.4 is 14.4 Å². The number of anilines is 1. The van der Waals surface area contributed by atoms with Crippen molar-refractivity contribution in [3.05, 3.63) is 89.2 Å². The maximum atomic E-state index is 14.2. The molecule has 0 heterocycles. The number of sulfonamides is 1. The van der Waals surface area contributed by atoms with Crippen LogP contribution >= 0.6 is 11.6 Å². The van der Waals surface area contributed by atoms with Crippen molar-refractivity contribution in [2.75, 3.05) is 17.5 Å². The molecule has 1 aliphatic carbocycles. The highest BCUT2D eigenvalue weighted by atomic mass is 35.5. The van der Waals surface area contributed by atoms with Crippen LogP contribution in [0.25, 0.3) is 0 Å². The molecule has 0 bridgehead atoms. The Labute approximate surface area is 257 Å². The Morgan fingerprint density at radius 1 is 0.977 bits per heavy atom. The number of nitrogens with one attached hydrogen (secondary N) is 1. The van der Waals surface area contributed by atoms with Gasteiger partial charge in [-0.15, -0.1) is 0 Å². The van der Waals surface area contributed by atoms with E-state index in [4.69, 9.17) is 16.3 Å². The van der Waals surface area contributed by atoms with Crippen LogP contribution in [0.4, 0.5) is 10.1 Å². The lowest BCUT2D eigenvalue weighted by molar-refractivity contribution is -0.140. The van der Waals surface area contributed by atoms with Gasteiger partial charge in [0, 0.05) is 17.6 Å². The van der Waals surface area contributed by atoms with Crippen LogP contribution in [0.2, 0.25) is 5.02 Å². The van der Waals surface area contributed by atoms with E-state index < -0.39 is 34.3 Å². The number of nitrogens with zero attached hydrogens (tertiary/aromatic N) is 2. The van der Waals surface area contributed by atoms with Gasteiger partial charge in [-0.1, -0.05) is 43.5 Å². The monoisotopic (exact) mass is 629 g/mol. The topological polar surface area (TPSA) is 96.0 Å². The predicted octanol–water partition coefficient (Wildman–Crippen LogP) is 5.94. The fraction of sp³-hybridized carbons (Fsp3) is 0.375. The van der Waals surface area contributed by atoms with Crippen molar-refractivity contribution in [2.24, 2.45) is 0 Å². The highest BCUT2D eigenvalue weighted by molar-refractivity contribution is 7.92. The summed E-state index contributed by atoms with van der Waals surface area (Å²) in [5.74, 6) is -0.750. The van der Waals surface area contributed by atoms with Crippen LogP contribution in [0.5, 0.6) is 5.75 Å². The summed E-state index contributed by atoms with van der Waals surface area (Å²) in [6, 6.07) is 16.9. The maximum Gasteiger partial charge on any atom is 0.264 e. The minimum atomic E-state index is -4.24. The lowest BCUT2D eigenvalue weighted by atomic mass is 10.1. The number of benzene rings is 3. The molecular formula is C32H37ClFN3O5S. The van der Waals surface area contributed by atoms with Crippen molar-refractivity contribution >= 4 is 39.1 Å². The third-order valence-corrected chi connectivity index (χ3v) is 9.51. The molecule has 1 atom stereocenters. The van der Waals surface area contributed by atoms with Gasteiger partial charge in [-0.2, -0.15) is 0 Å². The summed E-state index contributed by atoms with van der Waals surface area (Å²) in [6.45, 7) is 3.50. The first kappa shape index (κ1) is 32.3. The SMILES string of the molecule is CCOc1ccc(N(CC(=O)N(Cc2ccc(F)cc2)C(CC)C(=O)NC2CCCC2)S(=O)(=O)c2ccc(Cl)cc2)cc1. The minimum Gasteiger partial charge on any atom is -0.494 e. The molecule has 230 valence electrons. The number of ether oxygens (including phenoxy) is 1. The van der Waals surface area contributed by atoms with Crippen LogP contribution in [-0.4, -0.2) is 50.4 Å². The second-order valence-electron chi connectivity index (χ2n) is 10.5. The number of halogens is 2. The van der Waals surface area contributed by atoms with Crippen LogP contribution in [0.1, 0.15) is 51.5 Å². The van der Waals surface area contributed by atoms with E-state index in [0.29, 0.717) is 29.4 Å². The summed E-state index contributed by atoms with van der Waals surface area (Å²) in [7, 11) is -4.24. The average Bonchev–Trinajstić information content (AvgIpc) is 3.50. The summed E-state index contributed by atoms with van der Waals surface area (Å²) in [4.78, 5) is 29.0. The molecule has 11 heteroatoms. The lowest BCUT2D eigenvalue weighted by Gasteiger charge is -2.33. The molecular weight excluding hydrogens is 593 g/mol. The predicted molar refractivity (Wildman–Crippen MR) is 165 cm³/mol. The third kappa shape index (κ3) is 8.26. The Kier molecular flexibility index (Phi) is 11.0. The van der Waals surface area contributed by atoms with Gasteiger partial charge in [0.1, 0.15) is 24.2 Å². The molecule has 1 unspecified atom stereocenters. The van der Waals surface area contributed by atoms with E-state index in [1.54, 1.807) is 43.3 Å². The van der Waals surface area contributed by atoms with Crippen LogP contribution in [0.3, 0.4) is 0 Å². The van der Waals surface area contributed by atoms with Crippen LogP contribution in [0, 0.1) is 5.82 Å². The number of rotatable bonds is 13. The summed E-state index contributed by atoms with van der Waals surface area (Å²) in [5, 5.41) is 3.44. The summed E-state index contributed by atoms with van der Waals surface area (Å²) < 4.78 is 48.2. The zero-order valence-corrected chi connectivity index (χ0v) is 25.9. The fourth-order valence-electron chi connectivity index (χ4n) is 5.21. The Morgan fingerprint density at radius 2 is 1.60 bits per heavy atom. The Bertz CT molecular complexity index is 1480. The molecule has 43 heavy (non-hydrogen) atoms. The molecule has 2 amide bonds. The van der Waals surface area contributed by atoms with E-state index in [2.05, 4.69) is 5.32 Å². The molecule has 1 N–H and O–H groups in total. The standard InChI is InChI=1S/C32H37ClFN3O5S/c1-3-30(32(39)35-26-7-5-6-8-26)36(21-23-9-13-25(34)14-10-23)31(38)22-37(27-15-17-28(18-16-27)42-4-2)43(40,41)29-19-11-24(33)12-20-29/h9-20,26,30H,3-8,21-22H2,1-2H3,(H,35,39). The van der Waals surface area contributed by atoms with Crippen molar-refractivity contribution in [1.29, 1.82) is 0 Å². The molecule has 0 aromatic heterocycles. The van der Waals surface area contributed by atoms with Crippen molar-refractivity contribution in [3.8, 4) is 5.75 Å². The largest absolute Gasteiger partial charge is 0.494 e. The van der Waals surface area contributed by atoms with E-state index in [9.17, 15) is 22.4 Å². The van der Waals surface area contributed by atoms with E-state index >= 15 is 0 Å². The highest BCUT2D eigenvalue weighted by Crippen LogP contribution is 2.28. The lowest BCUT2D eigenvalue weighted by Crippen LogP contribution is -2.53. The van der Waals surface area contributed by atoms with Gasteiger partial charge in [0.15, 0.2) is 0 Å². The number of hydrogen-bond donors (Lipinski definition) is 1. The Balaban J connectivity index is 1.71. The molecule has 0 spiro atoms. The van der Waals surface area contributed by atoms with Crippen molar-refractivity contribution < 1.29 is 27.1 Å².